The molecule has 0 aliphatic heterocycles. The van der Waals surface area contributed by atoms with Gasteiger partial charge in [-0.05, 0) is 56.5 Å². The molecule has 1 aromatic carbocycles. The van der Waals surface area contributed by atoms with Crippen LogP contribution < -0.4 is 4.74 Å². The monoisotopic (exact) mass is 455 g/mol. The largest absolute Gasteiger partial charge is 0.505 e. The molecule has 0 radical (unpaired) electrons. The Hall–Kier alpha value is -3.29. The molecule has 0 unspecified atom stereocenters. The molecule has 2 aromatic heterocycles. The number of benzene rings is 1. The molecule has 1 aliphatic carbocycles. The lowest BCUT2D eigenvalue weighted by Gasteiger charge is -2.41. The van der Waals surface area contributed by atoms with Gasteiger partial charge in [-0.1, -0.05) is 6.92 Å². The van der Waals surface area contributed by atoms with Gasteiger partial charge in [-0.2, -0.15) is 0 Å². The quantitative estimate of drug-likeness (QED) is 0.573. The standard InChI is InChI=1S/C25H30FN3O4/c1-6-15-7-22(30)20(26)11-19(15)16-8-23(21-12-27-14-29(21)13-16)32-18-9-17(10-18)28(5)24(31)33-25(2,3)4/h7-8,11-14,17-18,30H,6,9-10H2,1-5H3. The number of nitrogens with zero attached hydrogens (tertiary/aromatic N) is 3. The number of carbonyl (C=O) groups is 1. The van der Waals surface area contributed by atoms with E-state index in [1.54, 1.807) is 24.5 Å². The molecule has 33 heavy (non-hydrogen) atoms. The van der Waals surface area contributed by atoms with Crippen LogP contribution in [0.5, 0.6) is 11.5 Å². The summed E-state index contributed by atoms with van der Waals surface area (Å²) in [4.78, 5) is 18.2. The van der Waals surface area contributed by atoms with Crippen LogP contribution in [0.3, 0.4) is 0 Å². The summed E-state index contributed by atoms with van der Waals surface area (Å²) >= 11 is 0. The van der Waals surface area contributed by atoms with Crippen molar-refractivity contribution in [3.05, 3.63) is 48.3 Å². The minimum absolute atomic E-state index is 0.0480. The Morgan fingerprint density at radius 1 is 1.30 bits per heavy atom. The number of rotatable bonds is 5. The number of imidazole rings is 1. The second-order valence-corrected chi connectivity index (χ2v) is 9.55. The van der Waals surface area contributed by atoms with Crippen molar-refractivity contribution < 1.29 is 23.8 Å². The number of amides is 1. The fourth-order valence-electron chi connectivity index (χ4n) is 4.02. The molecule has 1 saturated carbocycles. The van der Waals surface area contributed by atoms with E-state index in [4.69, 9.17) is 9.47 Å². The van der Waals surface area contributed by atoms with Crippen LogP contribution in [0.2, 0.25) is 0 Å². The van der Waals surface area contributed by atoms with Gasteiger partial charge >= 0.3 is 6.09 Å². The number of hydrogen-bond acceptors (Lipinski definition) is 5. The minimum Gasteiger partial charge on any atom is -0.505 e. The topological polar surface area (TPSA) is 76.3 Å². The molecule has 1 aliphatic rings. The van der Waals surface area contributed by atoms with Crippen molar-refractivity contribution in [3.8, 4) is 22.6 Å². The zero-order valence-corrected chi connectivity index (χ0v) is 19.6. The Morgan fingerprint density at radius 2 is 2.03 bits per heavy atom. The van der Waals surface area contributed by atoms with Crippen molar-refractivity contribution >= 4 is 11.6 Å². The first kappa shape index (κ1) is 22.9. The number of phenolic OH excluding ortho intramolecular Hbond substituents is 1. The Bertz CT molecular complexity index is 1180. The van der Waals surface area contributed by atoms with Crippen LogP contribution in [-0.4, -0.2) is 50.3 Å². The van der Waals surface area contributed by atoms with Gasteiger partial charge in [-0.3, -0.25) is 0 Å². The zero-order valence-electron chi connectivity index (χ0n) is 19.6. The average Bonchev–Trinajstić information content (AvgIpc) is 3.19. The maximum Gasteiger partial charge on any atom is 0.410 e. The van der Waals surface area contributed by atoms with Crippen molar-refractivity contribution in [1.82, 2.24) is 14.3 Å². The SMILES string of the molecule is CCc1cc(O)c(F)cc1-c1cc(OC2CC(N(C)C(=O)OC(C)(C)C)C2)c2cncn2c1. The number of halogens is 1. The van der Waals surface area contributed by atoms with Crippen LogP contribution in [0.15, 0.2) is 36.9 Å². The van der Waals surface area contributed by atoms with E-state index in [0.717, 1.165) is 16.6 Å². The van der Waals surface area contributed by atoms with Crippen LogP contribution in [0, 0.1) is 5.82 Å². The van der Waals surface area contributed by atoms with Crippen molar-refractivity contribution in [1.29, 1.82) is 0 Å². The third-order valence-corrected chi connectivity index (χ3v) is 5.94. The lowest BCUT2D eigenvalue weighted by Crippen LogP contribution is -2.51. The second-order valence-electron chi connectivity index (χ2n) is 9.55. The highest BCUT2D eigenvalue weighted by Crippen LogP contribution is 2.36. The van der Waals surface area contributed by atoms with Gasteiger partial charge in [0.1, 0.15) is 23.0 Å². The summed E-state index contributed by atoms with van der Waals surface area (Å²) < 4.78 is 27.7. The number of aromatic nitrogens is 2. The summed E-state index contributed by atoms with van der Waals surface area (Å²) in [5.74, 6) is -0.378. The summed E-state index contributed by atoms with van der Waals surface area (Å²) in [6, 6.07) is 4.75. The summed E-state index contributed by atoms with van der Waals surface area (Å²) in [6.45, 7) is 7.50. The zero-order chi connectivity index (χ0) is 23.9. The summed E-state index contributed by atoms with van der Waals surface area (Å²) in [7, 11) is 1.75. The molecule has 4 rings (SSSR count). The van der Waals surface area contributed by atoms with Crippen LogP contribution in [0.4, 0.5) is 9.18 Å². The molecule has 1 fully saturated rings. The molecule has 0 saturated heterocycles. The maximum absolute atomic E-state index is 14.2. The molecular formula is C25H30FN3O4. The van der Waals surface area contributed by atoms with Gasteiger partial charge in [-0.15, -0.1) is 0 Å². The fourth-order valence-corrected chi connectivity index (χ4v) is 4.02. The van der Waals surface area contributed by atoms with E-state index < -0.39 is 11.4 Å². The fraction of sp³-hybridized carbons (Fsp3) is 0.440. The van der Waals surface area contributed by atoms with Crippen LogP contribution in [-0.2, 0) is 11.2 Å². The van der Waals surface area contributed by atoms with E-state index in [9.17, 15) is 14.3 Å². The molecule has 0 spiro atoms. The van der Waals surface area contributed by atoms with Crippen molar-refractivity contribution in [2.45, 2.75) is 64.7 Å². The van der Waals surface area contributed by atoms with Gasteiger partial charge in [0, 0.05) is 37.7 Å². The predicted octanol–water partition coefficient (Wildman–Crippen LogP) is 5.19. The Balaban J connectivity index is 1.54. The first-order valence-electron chi connectivity index (χ1n) is 11.2. The van der Waals surface area contributed by atoms with Crippen LogP contribution >= 0.6 is 0 Å². The molecule has 1 amide bonds. The predicted molar refractivity (Wildman–Crippen MR) is 123 cm³/mol. The summed E-state index contributed by atoms with van der Waals surface area (Å²) in [5.41, 5.74) is 2.57. The molecular weight excluding hydrogens is 425 g/mol. The van der Waals surface area contributed by atoms with Gasteiger partial charge in [0.15, 0.2) is 11.6 Å². The van der Waals surface area contributed by atoms with Gasteiger partial charge < -0.3 is 23.9 Å². The maximum atomic E-state index is 14.2. The highest BCUT2D eigenvalue weighted by molar-refractivity contribution is 5.74. The molecule has 0 bridgehead atoms. The molecule has 3 aromatic rings. The van der Waals surface area contributed by atoms with Gasteiger partial charge in [-0.25, -0.2) is 14.2 Å². The average molecular weight is 456 g/mol. The van der Waals surface area contributed by atoms with Crippen molar-refractivity contribution in [2.24, 2.45) is 0 Å². The molecule has 176 valence electrons. The number of aryl methyl sites for hydroxylation is 1. The minimum atomic E-state index is -0.664. The van der Waals surface area contributed by atoms with Gasteiger partial charge in [0.25, 0.3) is 0 Å². The molecule has 8 heteroatoms. The molecule has 1 N–H and O–H groups in total. The Kier molecular flexibility index (Phi) is 5.95. The van der Waals surface area contributed by atoms with E-state index in [1.165, 1.54) is 12.1 Å². The van der Waals surface area contributed by atoms with Crippen molar-refractivity contribution in [3.63, 3.8) is 0 Å². The highest BCUT2D eigenvalue weighted by atomic mass is 19.1. The van der Waals surface area contributed by atoms with E-state index in [1.807, 2.05) is 44.4 Å². The van der Waals surface area contributed by atoms with Crippen molar-refractivity contribution in [2.75, 3.05) is 7.05 Å². The number of pyridine rings is 1. The molecule has 0 atom stereocenters. The van der Waals surface area contributed by atoms with E-state index >= 15 is 0 Å². The van der Waals surface area contributed by atoms with Gasteiger partial charge in [0.05, 0.1) is 12.5 Å². The van der Waals surface area contributed by atoms with Crippen LogP contribution in [0.25, 0.3) is 16.6 Å². The number of phenols is 1. The van der Waals surface area contributed by atoms with E-state index in [2.05, 4.69) is 4.98 Å². The summed E-state index contributed by atoms with van der Waals surface area (Å²) in [5, 5.41) is 9.77. The normalized spacial score (nSPS) is 18.1. The lowest BCUT2D eigenvalue weighted by molar-refractivity contribution is -0.00849. The number of fused-ring (bicyclic) bond motifs is 1. The van der Waals surface area contributed by atoms with Crippen LogP contribution in [0.1, 0.15) is 46.1 Å². The highest BCUT2D eigenvalue weighted by Gasteiger charge is 2.37. The van der Waals surface area contributed by atoms with E-state index in [0.29, 0.717) is 30.6 Å². The Morgan fingerprint density at radius 3 is 2.70 bits per heavy atom. The van der Waals surface area contributed by atoms with E-state index in [-0.39, 0.29) is 24.0 Å². The smallest absolute Gasteiger partial charge is 0.410 e. The third kappa shape index (κ3) is 4.74. The number of aromatic hydroxyl groups is 1. The summed E-state index contributed by atoms with van der Waals surface area (Å²) in [6.07, 6.45) is 6.89. The third-order valence-electron chi connectivity index (χ3n) is 5.94. The first-order valence-corrected chi connectivity index (χ1v) is 11.2. The number of carbonyl (C=O) groups excluding carboxylic acids is 1. The lowest BCUT2D eigenvalue weighted by atomic mass is 9.88. The Labute approximate surface area is 192 Å². The molecule has 2 heterocycles. The number of ether oxygens (including phenoxy) is 2. The molecule has 7 nitrogen and oxygen atoms in total. The number of hydrogen-bond donors (Lipinski definition) is 1. The van der Waals surface area contributed by atoms with Gasteiger partial charge in [0.2, 0.25) is 0 Å². The first-order chi connectivity index (χ1) is 15.6. The second kappa shape index (κ2) is 8.57.